The fraction of sp³-hybridized carbons (Fsp3) is 0.143. The molecule has 0 saturated carbocycles. The molecule has 0 aliphatic carbocycles. The predicted octanol–water partition coefficient (Wildman–Crippen LogP) is 4.35. The van der Waals surface area contributed by atoms with Gasteiger partial charge in [-0.1, -0.05) is 48.5 Å². The minimum Gasteiger partial charge on any atom is -0.207 e. The Morgan fingerprint density at radius 3 is 2.25 bits per heavy atom. The van der Waals surface area contributed by atoms with Gasteiger partial charge in [0.2, 0.25) is 0 Å². The van der Waals surface area contributed by atoms with Crippen molar-refractivity contribution in [1.29, 1.82) is 0 Å². The quantitative estimate of drug-likeness (QED) is 0.693. The molecule has 16 heavy (non-hydrogen) atoms. The van der Waals surface area contributed by atoms with Crippen molar-refractivity contribution >= 4 is 11.6 Å². The third-order valence-corrected chi connectivity index (χ3v) is 2.92. The largest absolute Gasteiger partial charge is 0.207 e. The molecule has 1 unspecified atom stereocenters. The molecule has 0 fully saturated rings. The molecule has 82 valence electrons. The second kappa shape index (κ2) is 5.13. The van der Waals surface area contributed by atoms with E-state index < -0.39 is 0 Å². The molecule has 0 saturated heterocycles. The van der Waals surface area contributed by atoms with Gasteiger partial charge < -0.3 is 0 Å². The lowest BCUT2D eigenvalue weighted by atomic mass is 10.0. The second-order valence-electron chi connectivity index (χ2n) is 3.67. The van der Waals surface area contributed by atoms with Crippen LogP contribution in [-0.2, 0) is 6.42 Å². The zero-order valence-corrected chi connectivity index (χ0v) is 9.49. The van der Waals surface area contributed by atoms with E-state index in [0.29, 0.717) is 12.0 Å². The Labute approximate surface area is 99.7 Å². The van der Waals surface area contributed by atoms with E-state index in [1.54, 1.807) is 12.1 Å². The highest BCUT2D eigenvalue weighted by Crippen LogP contribution is 2.25. The highest BCUT2D eigenvalue weighted by Gasteiger charge is 2.10. The van der Waals surface area contributed by atoms with E-state index >= 15 is 0 Å². The lowest BCUT2D eigenvalue weighted by Crippen LogP contribution is -1.97. The smallest absolute Gasteiger partial charge is 0.126 e. The summed E-state index contributed by atoms with van der Waals surface area (Å²) in [5.41, 5.74) is 1.68. The normalized spacial score (nSPS) is 12.4. The first kappa shape index (κ1) is 11.2. The van der Waals surface area contributed by atoms with Crippen LogP contribution in [0.25, 0.3) is 0 Å². The van der Waals surface area contributed by atoms with E-state index in [-0.39, 0.29) is 11.2 Å². The maximum atomic E-state index is 13.4. The minimum absolute atomic E-state index is 0.182. The third kappa shape index (κ3) is 2.61. The average Bonchev–Trinajstić information content (AvgIpc) is 2.33. The second-order valence-corrected chi connectivity index (χ2v) is 4.20. The Bertz CT molecular complexity index is 453. The van der Waals surface area contributed by atoms with Crippen LogP contribution in [0.3, 0.4) is 0 Å². The Kier molecular flexibility index (Phi) is 3.58. The monoisotopic (exact) mass is 234 g/mol. The average molecular weight is 235 g/mol. The van der Waals surface area contributed by atoms with Crippen molar-refractivity contribution in [2.75, 3.05) is 0 Å². The highest BCUT2D eigenvalue weighted by molar-refractivity contribution is 6.20. The molecule has 0 aromatic heterocycles. The van der Waals surface area contributed by atoms with E-state index in [1.165, 1.54) is 6.07 Å². The van der Waals surface area contributed by atoms with Crippen LogP contribution in [-0.4, -0.2) is 0 Å². The van der Waals surface area contributed by atoms with E-state index in [4.69, 9.17) is 11.6 Å². The molecule has 2 aromatic rings. The number of halogens is 2. The lowest BCUT2D eigenvalue weighted by Gasteiger charge is -2.10. The summed E-state index contributed by atoms with van der Waals surface area (Å²) in [5.74, 6) is -0.191. The van der Waals surface area contributed by atoms with E-state index in [2.05, 4.69) is 0 Å². The standard InChI is InChI=1S/C14H12ClF/c15-13(11-6-2-1-3-7-11)10-12-8-4-5-9-14(12)16/h1-9,13H,10H2. The van der Waals surface area contributed by atoms with Crippen LogP contribution < -0.4 is 0 Å². The van der Waals surface area contributed by atoms with Crippen molar-refractivity contribution in [2.45, 2.75) is 11.8 Å². The maximum Gasteiger partial charge on any atom is 0.126 e. The molecule has 2 aromatic carbocycles. The number of hydrogen-bond acceptors (Lipinski definition) is 0. The van der Waals surface area contributed by atoms with Crippen LogP contribution in [0.1, 0.15) is 16.5 Å². The summed E-state index contributed by atoms with van der Waals surface area (Å²) in [6, 6.07) is 16.5. The van der Waals surface area contributed by atoms with Crippen molar-refractivity contribution in [2.24, 2.45) is 0 Å². The van der Waals surface area contributed by atoms with Crippen LogP contribution >= 0.6 is 11.6 Å². The zero-order valence-electron chi connectivity index (χ0n) is 8.74. The molecule has 0 spiro atoms. The van der Waals surface area contributed by atoms with Gasteiger partial charge in [-0.2, -0.15) is 0 Å². The van der Waals surface area contributed by atoms with E-state index in [1.807, 2.05) is 36.4 Å². The molecule has 0 bridgehead atoms. The Hall–Kier alpha value is -1.34. The van der Waals surface area contributed by atoms with Crippen LogP contribution in [0.2, 0.25) is 0 Å². The summed E-state index contributed by atoms with van der Waals surface area (Å²) in [4.78, 5) is 0. The summed E-state index contributed by atoms with van der Waals surface area (Å²) in [6.45, 7) is 0. The van der Waals surface area contributed by atoms with Crippen molar-refractivity contribution in [3.05, 3.63) is 71.5 Å². The fourth-order valence-corrected chi connectivity index (χ4v) is 1.95. The lowest BCUT2D eigenvalue weighted by molar-refractivity contribution is 0.607. The zero-order chi connectivity index (χ0) is 11.4. The van der Waals surface area contributed by atoms with Gasteiger partial charge in [0, 0.05) is 0 Å². The molecule has 0 amide bonds. The van der Waals surface area contributed by atoms with E-state index in [9.17, 15) is 4.39 Å². The summed E-state index contributed by atoms with van der Waals surface area (Å²) < 4.78 is 13.4. The Morgan fingerprint density at radius 1 is 0.938 bits per heavy atom. The van der Waals surface area contributed by atoms with Crippen LogP contribution in [0.4, 0.5) is 4.39 Å². The topological polar surface area (TPSA) is 0 Å². The molecule has 0 N–H and O–H groups in total. The minimum atomic E-state index is -0.191. The molecule has 2 rings (SSSR count). The third-order valence-electron chi connectivity index (χ3n) is 2.52. The van der Waals surface area contributed by atoms with Crippen LogP contribution in [0.5, 0.6) is 0 Å². The summed E-state index contributed by atoms with van der Waals surface area (Å²) in [7, 11) is 0. The van der Waals surface area contributed by atoms with E-state index in [0.717, 1.165) is 5.56 Å². The van der Waals surface area contributed by atoms with Gasteiger partial charge >= 0.3 is 0 Å². The number of hydrogen-bond donors (Lipinski definition) is 0. The first-order valence-corrected chi connectivity index (χ1v) is 5.63. The van der Waals surface area contributed by atoms with Crippen molar-refractivity contribution < 1.29 is 4.39 Å². The number of benzene rings is 2. The molecule has 0 radical (unpaired) electrons. The van der Waals surface area contributed by atoms with Gasteiger partial charge in [-0.25, -0.2) is 4.39 Å². The van der Waals surface area contributed by atoms with Crippen molar-refractivity contribution in [3.8, 4) is 0 Å². The number of rotatable bonds is 3. The molecule has 1 atom stereocenters. The molecule has 2 heteroatoms. The molecular weight excluding hydrogens is 223 g/mol. The Morgan fingerprint density at radius 2 is 1.56 bits per heavy atom. The first-order chi connectivity index (χ1) is 7.77. The summed E-state index contributed by atoms with van der Waals surface area (Å²) >= 11 is 6.25. The van der Waals surface area contributed by atoms with Gasteiger partial charge in [0.05, 0.1) is 5.38 Å². The molecule has 0 nitrogen and oxygen atoms in total. The van der Waals surface area contributed by atoms with Gasteiger partial charge in [-0.05, 0) is 23.6 Å². The number of alkyl halides is 1. The van der Waals surface area contributed by atoms with Crippen molar-refractivity contribution in [3.63, 3.8) is 0 Å². The molecule has 0 heterocycles. The Balaban J connectivity index is 2.14. The highest BCUT2D eigenvalue weighted by atomic mass is 35.5. The fourth-order valence-electron chi connectivity index (χ4n) is 1.64. The summed E-state index contributed by atoms with van der Waals surface area (Å²) in [5, 5.41) is -0.182. The SMILES string of the molecule is Fc1ccccc1CC(Cl)c1ccccc1. The molecule has 0 aliphatic rings. The van der Waals surface area contributed by atoms with Gasteiger partial charge in [0.25, 0.3) is 0 Å². The van der Waals surface area contributed by atoms with Crippen molar-refractivity contribution in [1.82, 2.24) is 0 Å². The van der Waals surface area contributed by atoms with Gasteiger partial charge in [-0.15, -0.1) is 11.6 Å². The molecule has 0 aliphatic heterocycles. The van der Waals surface area contributed by atoms with Crippen LogP contribution in [0, 0.1) is 5.82 Å². The van der Waals surface area contributed by atoms with Gasteiger partial charge in [-0.3, -0.25) is 0 Å². The summed E-state index contributed by atoms with van der Waals surface area (Å²) in [6.07, 6.45) is 0.512. The first-order valence-electron chi connectivity index (χ1n) is 5.20. The maximum absolute atomic E-state index is 13.4. The molecular formula is C14H12ClF. The van der Waals surface area contributed by atoms with Gasteiger partial charge in [0.15, 0.2) is 0 Å². The van der Waals surface area contributed by atoms with Crippen LogP contribution in [0.15, 0.2) is 54.6 Å². The predicted molar refractivity (Wildman–Crippen MR) is 65.1 cm³/mol. The van der Waals surface area contributed by atoms with Gasteiger partial charge in [0.1, 0.15) is 5.82 Å².